The molecule has 2 aromatic carbocycles. The number of hydrogen-bond acceptors (Lipinski definition) is 4. The second-order valence-corrected chi connectivity index (χ2v) is 4.27. The largest absolute Gasteiger partial charge is 0.490 e. The molecule has 4 heteroatoms. The number of ether oxygens (including phenoxy) is 3. The minimum Gasteiger partial charge on any atom is -0.490 e. The molecule has 0 fully saturated rings. The number of rotatable bonds is 8. The summed E-state index contributed by atoms with van der Waals surface area (Å²) in [5.41, 5.74) is 0.593. The zero-order valence-corrected chi connectivity index (χ0v) is 12.0. The van der Waals surface area contributed by atoms with Gasteiger partial charge in [0, 0.05) is 5.56 Å². The lowest BCUT2D eigenvalue weighted by molar-refractivity contribution is 0.112. The van der Waals surface area contributed by atoms with Crippen LogP contribution in [0.3, 0.4) is 0 Å². The van der Waals surface area contributed by atoms with Crippen LogP contribution in [0.25, 0.3) is 0 Å². The van der Waals surface area contributed by atoms with Crippen molar-refractivity contribution < 1.29 is 19.0 Å². The van der Waals surface area contributed by atoms with Crippen LogP contribution < -0.4 is 14.2 Å². The second kappa shape index (κ2) is 7.94. The van der Waals surface area contributed by atoms with Crippen LogP contribution in [0.5, 0.6) is 17.2 Å². The van der Waals surface area contributed by atoms with Gasteiger partial charge in [0.2, 0.25) is 0 Å². The highest BCUT2D eigenvalue weighted by Gasteiger charge is 2.03. The maximum Gasteiger partial charge on any atom is 0.161 e. The normalized spacial score (nSPS) is 9.95. The topological polar surface area (TPSA) is 44.8 Å². The van der Waals surface area contributed by atoms with Gasteiger partial charge < -0.3 is 14.2 Å². The number of benzene rings is 2. The van der Waals surface area contributed by atoms with Crippen LogP contribution >= 0.6 is 0 Å². The molecule has 2 aromatic rings. The van der Waals surface area contributed by atoms with E-state index in [1.54, 1.807) is 24.3 Å². The standard InChI is InChI=1S/C17H18O4/c1-2-19-16-8-3-4-9-17(16)21-11-10-20-15-7-5-6-14(12-15)13-18/h3-9,12-13H,2,10-11H2,1H3. The van der Waals surface area contributed by atoms with Gasteiger partial charge in [-0.25, -0.2) is 0 Å². The average molecular weight is 286 g/mol. The molecule has 0 aliphatic rings. The van der Waals surface area contributed by atoms with Crippen molar-refractivity contribution in [3.05, 3.63) is 54.1 Å². The molecule has 0 amide bonds. The molecule has 0 saturated heterocycles. The molecule has 21 heavy (non-hydrogen) atoms. The Balaban J connectivity index is 1.83. The molecule has 0 saturated carbocycles. The Morgan fingerprint density at radius 1 is 0.905 bits per heavy atom. The van der Waals surface area contributed by atoms with Crippen LogP contribution in [0.1, 0.15) is 17.3 Å². The Bertz CT molecular complexity index is 581. The van der Waals surface area contributed by atoms with Crippen molar-refractivity contribution in [1.82, 2.24) is 0 Å². The van der Waals surface area contributed by atoms with Gasteiger partial charge in [-0.3, -0.25) is 4.79 Å². The minimum absolute atomic E-state index is 0.392. The molecular formula is C17H18O4. The summed E-state index contributed by atoms with van der Waals surface area (Å²) in [5, 5.41) is 0. The molecule has 0 heterocycles. The van der Waals surface area contributed by atoms with E-state index in [1.165, 1.54) is 0 Å². The number of aldehydes is 1. The van der Waals surface area contributed by atoms with Crippen molar-refractivity contribution in [2.45, 2.75) is 6.92 Å². The van der Waals surface area contributed by atoms with Gasteiger partial charge >= 0.3 is 0 Å². The summed E-state index contributed by atoms with van der Waals surface area (Å²) in [4.78, 5) is 10.7. The van der Waals surface area contributed by atoms with Crippen LogP contribution in [0.15, 0.2) is 48.5 Å². The fourth-order valence-electron chi connectivity index (χ4n) is 1.83. The number of carbonyl (C=O) groups excluding carboxylic acids is 1. The monoisotopic (exact) mass is 286 g/mol. The van der Waals surface area contributed by atoms with E-state index in [9.17, 15) is 4.79 Å². The molecule has 0 spiro atoms. The predicted octanol–water partition coefficient (Wildman–Crippen LogP) is 3.36. The third-order valence-corrected chi connectivity index (χ3v) is 2.75. The molecule has 0 atom stereocenters. The highest BCUT2D eigenvalue weighted by atomic mass is 16.5. The molecule has 0 radical (unpaired) electrons. The summed E-state index contributed by atoms with van der Waals surface area (Å²) in [6, 6.07) is 14.5. The maximum absolute atomic E-state index is 10.7. The van der Waals surface area contributed by atoms with E-state index >= 15 is 0 Å². The van der Waals surface area contributed by atoms with Gasteiger partial charge in [0.15, 0.2) is 11.5 Å². The lowest BCUT2D eigenvalue weighted by atomic mass is 10.2. The molecule has 0 aliphatic heterocycles. The van der Waals surface area contributed by atoms with Gasteiger partial charge in [-0.2, -0.15) is 0 Å². The van der Waals surface area contributed by atoms with Crippen molar-refractivity contribution in [2.75, 3.05) is 19.8 Å². The van der Waals surface area contributed by atoms with Crippen molar-refractivity contribution in [3.63, 3.8) is 0 Å². The van der Waals surface area contributed by atoms with E-state index in [4.69, 9.17) is 14.2 Å². The van der Waals surface area contributed by atoms with E-state index in [0.29, 0.717) is 36.9 Å². The molecular weight excluding hydrogens is 268 g/mol. The zero-order chi connectivity index (χ0) is 14.9. The first-order valence-electron chi connectivity index (χ1n) is 6.86. The van der Waals surface area contributed by atoms with Crippen LogP contribution in [0, 0.1) is 0 Å². The summed E-state index contributed by atoms with van der Waals surface area (Å²) in [6.07, 6.45) is 0.793. The van der Waals surface area contributed by atoms with E-state index in [1.807, 2.05) is 31.2 Å². The third kappa shape index (κ3) is 4.53. The van der Waals surface area contributed by atoms with Gasteiger partial charge in [-0.15, -0.1) is 0 Å². The second-order valence-electron chi connectivity index (χ2n) is 4.27. The Morgan fingerprint density at radius 3 is 2.33 bits per heavy atom. The Hall–Kier alpha value is -2.49. The van der Waals surface area contributed by atoms with Crippen molar-refractivity contribution in [2.24, 2.45) is 0 Å². The van der Waals surface area contributed by atoms with Crippen molar-refractivity contribution in [3.8, 4) is 17.2 Å². The quantitative estimate of drug-likeness (QED) is 0.551. The number of para-hydroxylation sites is 2. The molecule has 0 bridgehead atoms. The van der Waals surface area contributed by atoms with Crippen LogP contribution in [-0.2, 0) is 0 Å². The van der Waals surface area contributed by atoms with E-state index in [-0.39, 0.29) is 0 Å². The van der Waals surface area contributed by atoms with Crippen molar-refractivity contribution >= 4 is 6.29 Å². The summed E-state index contributed by atoms with van der Waals surface area (Å²) in [7, 11) is 0. The van der Waals surface area contributed by atoms with E-state index < -0.39 is 0 Å². The number of hydrogen-bond donors (Lipinski definition) is 0. The molecule has 0 aromatic heterocycles. The van der Waals surface area contributed by atoms with Gasteiger partial charge in [0.1, 0.15) is 25.2 Å². The first-order chi connectivity index (χ1) is 10.3. The van der Waals surface area contributed by atoms with Gasteiger partial charge in [-0.1, -0.05) is 24.3 Å². The average Bonchev–Trinajstić information content (AvgIpc) is 2.53. The summed E-state index contributed by atoms with van der Waals surface area (Å²) in [5.74, 6) is 2.08. The van der Waals surface area contributed by atoms with Crippen LogP contribution in [-0.4, -0.2) is 26.1 Å². The van der Waals surface area contributed by atoms with Gasteiger partial charge in [0.25, 0.3) is 0 Å². The highest BCUT2D eigenvalue weighted by molar-refractivity contribution is 5.75. The third-order valence-electron chi connectivity index (χ3n) is 2.75. The van der Waals surface area contributed by atoms with Gasteiger partial charge in [0.05, 0.1) is 6.61 Å². The lowest BCUT2D eigenvalue weighted by Crippen LogP contribution is -2.09. The lowest BCUT2D eigenvalue weighted by Gasteiger charge is -2.12. The fourth-order valence-corrected chi connectivity index (χ4v) is 1.83. The molecule has 110 valence electrons. The Kier molecular flexibility index (Phi) is 5.64. The van der Waals surface area contributed by atoms with Crippen LogP contribution in [0.2, 0.25) is 0 Å². The molecule has 4 nitrogen and oxygen atoms in total. The highest BCUT2D eigenvalue weighted by Crippen LogP contribution is 2.26. The Labute approximate surface area is 124 Å². The predicted molar refractivity (Wildman–Crippen MR) is 80.4 cm³/mol. The van der Waals surface area contributed by atoms with E-state index in [0.717, 1.165) is 12.0 Å². The first-order valence-corrected chi connectivity index (χ1v) is 6.86. The SMILES string of the molecule is CCOc1ccccc1OCCOc1cccc(C=O)c1. The smallest absolute Gasteiger partial charge is 0.161 e. The molecule has 0 aliphatic carbocycles. The van der Waals surface area contributed by atoms with E-state index in [2.05, 4.69) is 0 Å². The number of carbonyl (C=O) groups is 1. The van der Waals surface area contributed by atoms with Gasteiger partial charge in [-0.05, 0) is 31.2 Å². The Morgan fingerprint density at radius 2 is 1.62 bits per heavy atom. The van der Waals surface area contributed by atoms with Crippen LogP contribution in [0.4, 0.5) is 0 Å². The maximum atomic E-state index is 10.7. The van der Waals surface area contributed by atoms with Crippen molar-refractivity contribution in [1.29, 1.82) is 0 Å². The molecule has 0 unspecified atom stereocenters. The fraction of sp³-hybridized carbons (Fsp3) is 0.235. The molecule has 0 N–H and O–H groups in total. The minimum atomic E-state index is 0.392. The summed E-state index contributed by atoms with van der Waals surface area (Å²) in [6.45, 7) is 3.31. The summed E-state index contributed by atoms with van der Waals surface area (Å²) >= 11 is 0. The zero-order valence-electron chi connectivity index (χ0n) is 12.0. The molecule has 2 rings (SSSR count). The first kappa shape index (κ1) is 14.9. The summed E-state index contributed by atoms with van der Waals surface area (Å²) < 4.78 is 16.7.